The van der Waals surface area contributed by atoms with E-state index in [0.29, 0.717) is 24.7 Å². The van der Waals surface area contributed by atoms with Crippen molar-refractivity contribution in [3.05, 3.63) is 60.2 Å². The summed E-state index contributed by atoms with van der Waals surface area (Å²) in [5, 5.41) is 2.89. The minimum absolute atomic E-state index is 0. The van der Waals surface area contributed by atoms with E-state index in [1.54, 1.807) is 0 Å². The molecule has 146 valence electrons. The van der Waals surface area contributed by atoms with Crippen LogP contribution in [0.4, 0.5) is 5.69 Å². The monoisotopic (exact) mass is 408 g/mol. The van der Waals surface area contributed by atoms with Crippen LogP contribution in [0, 0.1) is 5.92 Å². The zero-order valence-corrected chi connectivity index (χ0v) is 16.6. The van der Waals surface area contributed by atoms with Crippen LogP contribution < -0.4 is 11.1 Å². The van der Waals surface area contributed by atoms with Gasteiger partial charge in [0.25, 0.3) is 0 Å². The lowest BCUT2D eigenvalue weighted by atomic mass is 9.92. The van der Waals surface area contributed by atoms with Crippen LogP contribution in [-0.2, 0) is 26.1 Å². The number of halogens is 1. The molecule has 7 heteroatoms. The summed E-state index contributed by atoms with van der Waals surface area (Å²) in [4.78, 5) is 13.2. The van der Waals surface area contributed by atoms with Crippen molar-refractivity contribution in [2.75, 3.05) is 18.5 Å². The van der Waals surface area contributed by atoms with Crippen LogP contribution in [0.1, 0.15) is 18.4 Å². The van der Waals surface area contributed by atoms with Crippen molar-refractivity contribution in [2.45, 2.75) is 29.5 Å². The van der Waals surface area contributed by atoms with Crippen molar-refractivity contribution in [3.63, 3.8) is 0 Å². The molecule has 0 bridgehead atoms. The lowest BCUT2D eigenvalue weighted by molar-refractivity contribution is -0.119. The van der Waals surface area contributed by atoms with E-state index in [4.69, 9.17) is 10.5 Å². The van der Waals surface area contributed by atoms with Gasteiger partial charge in [-0.3, -0.25) is 9.00 Å². The van der Waals surface area contributed by atoms with Crippen LogP contribution in [-0.4, -0.2) is 29.4 Å². The van der Waals surface area contributed by atoms with Gasteiger partial charge in [-0.2, -0.15) is 0 Å². The van der Waals surface area contributed by atoms with Crippen LogP contribution in [0.3, 0.4) is 0 Å². The van der Waals surface area contributed by atoms with Crippen molar-refractivity contribution < 1.29 is 13.7 Å². The third-order valence-corrected chi connectivity index (χ3v) is 5.97. The zero-order valence-electron chi connectivity index (χ0n) is 15.0. The first kappa shape index (κ1) is 21.6. The standard InChI is InChI=1S/C20H24N2O3S.ClH/c21-19(16-9-11-25-12-10-16)20(23)22-17-6-4-5-15(13-17)14-26(24)18-7-2-1-3-8-18;/h1-8,13,16,19H,9-12,14,21H2,(H,22,23);1H. The summed E-state index contributed by atoms with van der Waals surface area (Å²) in [6.07, 6.45) is 1.62. The van der Waals surface area contributed by atoms with E-state index in [-0.39, 0.29) is 24.2 Å². The number of benzene rings is 2. The van der Waals surface area contributed by atoms with E-state index in [0.717, 1.165) is 23.3 Å². The lowest BCUT2D eigenvalue weighted by Crippen LogP contribution is -2.44. The molecule has 0 saturated carbocycles. The molecule has 1 fully saturated rings. The number of nitrogens with two attached hydrogens (primary N) is 1. The van der Waals surface area contributed by atoms with Gasteiger partial charge in [0.2, 0.25) is 5.91 Å². The molecule has 1 saturated heterocycles. The highest BCUT2D eigenvalue weighted by Crippen LogP contribution is 2.20. The van der Waals surface area contributed by atoms with E-state index in [1.807, 2.05) is 54.6 Å². The highest BCUT2D eigenvalue weighted by atomic mass is 35.5. The maximum absolute atomic E-state index is 12.5. The smallest absolute Gasteiger partial charge is 0.241 e. The second-order valence-corrected chi connectivity index (χ2v) is 7.92. The number of carbonyl (C=O) groups excluding carboxylic acids is 1. The second-order valence-electron chi connectivity index (χ2n) is 6.47. The topological polar surface area (TPSA) is 81.4 Å². The quantitative estimate of drug-likeness (QED) is 0.769. The fourth-order valence-electron chi connectivity index (χ4n) is 3.06. The number of amides is 1. The number of rotatable bonds is 6. The van der Waals surface area contributed by atoms with Gasteiger partial charge in [-0.25, -0.2) is 0 Å². The van der Waals surface area contributed by atoms with Crippen molar-refractivity contribution in [3.8, 4) is 0 Å². The Kier molecular flexibility index (Phi) is 8.44. The normalized spacial score (nSPS) is 16.8. The van der Waals surface area contributed by atoms with Gasteiger partial charge in [-0.15, -0.1) is 12.4 Å². The van der Waals surface area contributed by atoms with Gasteiger partial charge in [-0.1, -0.05) is 30.3 Å². The molecular weight excluding hydrogens is 384 g/mol. The highest BCUT2D eigenvalue weighted by molar-refractivity contribution is 7.84. The Bertz CT molecular complexity index is 767. The van der Waals surface area contributed by atoms with Gasteiger partial charge in [0.05, 0.1) is 22.6 Å². The molecule has 27 heavy (non-hydrogen) atoms. The van der Waals surface area contributed by atoms with Gasteiger partial charge in [-0.05, 0) is 48.6 Å². The lowest BCUT2D eigenvalue weighted by Gasteiger charge is -2.26. The fraction of sp³-hybridized carbons (Fsp3) is 0.350. The first-order chi connectivity index (χ1) is 12.6. The van der Waals surface area contributed by atoms with Crippen molar-refractivity contribution in [1.29, 1.82) is 0 Å². The summed E-state index contributed by atoms with van der Waals surface area (Å²) in [5.74, 6) is 0.371. The maximum Gasteiger partial charge on any atom is 0.241 e. The predicted molar refractivity (Wildman–Crippen MR) is 110 cm³/mol. The summed E-state index contributed by atoms with van der Waals surface area (Å²) in [7, 11) is -1.12. The van der Waals surface area contributed by atoms with Gasteiger partial charge < -0.3 is 15.8 Å². The average molecular weight is 409 g/mol. The molecule has 0 aliphatic carbocycles. The Morgan fingerprint density at radius 1 is 1.15 bits per heavy atom. The molecule has 3 rings (SSSR count). The average Bonchev–Trinajstić information content (AvgIpc) is 2.69. The van der Waals surface area contributed by atoms with E-state index < -0.39 is 16.8 Å². The number of nitrogens with one attached hydrogen (secondary N) is 1. The molecule has 2 aromatic carbocycles. The number of hydrogen-bond donors (Lipinski definition) is 2. The third kappa shape index (κ3) is 6.14. The molecule has 0 radical (unpaired) electrons. The number of ether oxygens (including phenoxy) is 1. The predicted octanol–water partition coefficient (Wildman–Crippen LogP) is 3.11. The van der Waals surface area contributed by atoms with E-state index in [1.165, 1.54) is 0 Å². The summed E-state index contributed by atoms with van der Waals surface area (Å²) in [6, 6.07) is 16.3. The van der Waals surface area contributed by atoms with Gasteiger partial charge >= 0.3 is 0 Å². The first-order valence-corrected chi connectivity index (χ1v) is 10.1. The van der Waals surface area contributed by atoms with Crippen molar-refractivity contribution in [2.24, 2.45) is 11.7 Å². The molecule has 2 aromatic rings. The molecular formula is C20H25ClN2O3S. The van der Waals surface area contributed by atoms with Crippen LogP contribution >= 0.6 is 12.4 Å². The first-order valence-electron chi connectivity index (χ1n) is 8.80. The number of carbonyl (C=O) groups is 1. The zero-order chi connectivity index (χ0) is 18.4. The van der Waals surface area contributed by atoms with E-state index in [9.17, 15) is 9.00 Å². The van der Waals surface area contributed by atoms with Crippen molar-refractivity contribution >= 4 is 34.8 Å². The third-order valence-electron chi connectivity index (χ3n) is 4.57. The summed E-state index contributed by atoms with van der Waals surface area (Å²) < 4.78 is 17.8. The molecule has 1 aliphatic heterocycles. The molecule has 3 N–H and O–H groups in total. The molecule has 1 amide bonds. The minimum atomic E-state index is -1.12. The number of anilines is 1. The Morgan fingerprint density at radius 2 is 1.85 bits per heavy atom. The molecule has 2 atom stereocenters. The van der Waals surface area contributed by atoms with Crippen LogP contribution in [0.2, 0.25) is 0 Å². The highest BCUT2D eigenvalue weighted by Gasteiger charge is 2.26. The molecule has 1 aliphatic rings. The molecule has 2 unspecified atom stereocenters. The van der Waals surface area contributed by atoms with Crippen LogP contribution in [0.15, 0.2) is 59.5 Å². The molecule has 1 heterocycles. The van der Waals surface area contributed by atoms with E-state index >= 15 is 0 Å². The Hall–Kier alpha value is -1.73. The Labute approximate surface area is 168 Å². The Morgan fingerprint density at radius 3 is 2.56 bits per heavy atom. The van der Waals surface area contributed by atoms with Gasteiger partial charge in [0.15, 0.2) is 0 Å². The largest absolute Gasteiger partial charge is 0.381 e. The van der Waals surface area contributed by atoms with Gasteiger partial charge in [0, 0.05) is 23.8 Å². The van der Waals surface area contributed by atoms with E-state index in [2.05, 4.69) is 5.32 Å². The summed E-state index contributed by atoms with van der Waals surface area (Å²) in [5.41, 5.74) is 7.71. The fourth-order valence-corrected chi connectivity index (χ4v) is 4.17. The van der Waals surface area contributed by atoms with Gasteiger partial charge in [0.1, 0.15) is 0 Å². The Balaban J connectivity index is 0.00000261. The molecule has 5 nitrogen and oxygen atoms in total. The SMILES string of the molecule is Cl.NC(C(=O)Nc1cccc(CS(=O)c2ccccc2)c1)C1CCOCC1. The summed E-state index contributed by atoms with van der Waals surface area (Å²) >= 11 is 0. The number of hydrogen-bond acceptors (Lipinski definition) is 4. The minimum Gasteiger partial charge on any atom is -0.381 e. The maximum atomic E-state index is 12.5. The summed E-state index contributed by atoms with van der Waals surface area (Å²) in [6.45, 7) is 1.32. The van der Waals surface area contributed by atoms with Crippen LogP contribution in [0.5, 0.6) is 0 Å². The molecule has 0 aromatic heterocycles. The second kappa shape index (κ2) is 10.6. The van der Waals surface area contributed by atoms with Crippen molar-refractivity contribution in [1.82, 2.24) is 0 Å². The molecule has 0 spiro atoms. The van der Waals surface area contributed by atoms with Crippen LogP contribution in [0.25, 0.3) is 0 Å².